The number of piperidine rings is 1. The third kappa shape index (κ3) is 6.62. The Morgan fingerprint density at radius 3 is 2.43 bits per heavy atom. The van der Waals surface area contributed by atoms with E-state index in [1.54, 1.807) is 4.90 Å². The molecular weight excluding hydrogens is 527 g/mol. The Hall–Kier alpha value is -3.45. The second kappa shape index (κ2) is 12.4. The van der Waals surface area contributed by atoms with Gasteiger partial charge in [0.2, 0.25) is 5.91 Å². The molecule has 2 saturated heterocycles. The standard InChI is InChI=1S/C35H45FN4O2/c1-23-9-6-13-30(36)31(23)34(42)40-19-8-12-29(33(41)38-27-11-7-10-25(21-27)35(2,3)4)32(40)24-14-16-26(17-15-24)37-28-18-20-39(5)22-28/h7,10-11,13-17,21,28-29,32,37H,6,8-9,12,18-20,22H2,1-5H3,(H,38,41). The van der Waals surface area contributed by atoms with Gasteiger partial charge in [-0.1, -0.05) is 50.6 Å². The van der Waals surface area contributed by atoms with Gasteiger partial charge < -0.3 is 20.4 Å². The molecule has 2 aliphatic heterocycles. The van der Waals surface area contributed by atoms with Crippen molar-refractivity contribution < 1.29 is 14.0 Å². The van der Waals surface area contributed by atoms with Gasteiger partial charge in [0, 0.05) is 30.5 Å². The molecule has 0 spiro atoms. The molecule has 0 aromatic heterocycles. The molecule has 3 atom stereocenters. The van der Waals surface area contributed by atoms with Crippen LogP contribution in [0.25, 0.3) is 0 Å². The van der Waals surface area contributed by atoms with E-state index in [-0.39, 0.29) is 22.8 Å². The highest BCUT2D eigenvalue weighted by Gasteiger charge is 2.41. The number of carbonyl (C=O) groups is 2. The van der Waals surface area contributed by atoms with Crippen molar-refractivity contribution in [3.05, 3.63) is 82.7 Å². The van der Waals surface area contributed by atoms with Gasteiger partial charge in [0.25, 0.3) is 5.91 Å². The number of halogens is 1. The molecule has 7 heteroatoms. The first-order valence-electron chi connectivity index (χ1n) is 15.3. The van der Waals surface area contributed by atoms with E-state index in [9.17, 15) is 9.59 Å². The van der Waals surface area contributed by atoms with Crippen molar-refractivity contribution in [1.29, 1.82) is 0 Å². The van der Waals surface area contributed by atoms with E-state index in [0.717, 1.165) is 47.6 Å². The number of allylic oxidation sites excluding steroid dienone is 2. The van der Waals surface area contributed by atoms with Crippen LogP contribution >= 0.6 is 0 Å². The first kappa shape index (κ1) is 30.0. The van der Waals surface area contributed by atoms with Gasteiger partial charge in [0.05, 0.1) is 17.5 Å². The number of amides is 2. The Kier molecular flexibility index (Phi) is 8.88. The molecule has 2 aromatic rings. The van der Waals surface area contributed by atoms with E-state index in [0.29, 0.717) is 38.3 Å². The van der Waals surface area contributed by atoms with E-state index in [1.807, 2.05) is 49.4 Å². The van der Waals surface area contributed by atoms with Gasteiger partial charge in [-0.15, -0.1) is 0 Å². The lowest BCUT2D eigenvalue weighted by Crippen LogP contribution is -2.47. The summed E-state index contributed by atoms with van der Waals surface area (Å²) in [6.45, 7) is 10.8. The summed E-state index contributed by atoms with van der Waals surface area (Å²) >= 11 is 0. The molecule has 2 heterocycles. The smallest absolute Gasteiger partial charge is 0.257 e. The third-order valence-electron chi connectivity index (χ3n) is 8.96. The highest BCUT2D eigenvalue weighted by molar-refractivity contribution is 6.00. The maximum absolute atomic E-state index is 15.0. The lowest BCUT2D eigenvalue weighted by atomic mass is 9.82. The number of carbonyl (C=O) groups excluding carboxylic acids is 2. The van der Waals surface area contributed by atoms with Crippen LogP contribution in [0.5, 0.6) is 0 Å². The maximum atomic E-state index is 15.0. The predicted molar refractivity (Wildman–Crippen MR) is 168 cm³/mol. The predicted octanol–water partition coefficient (Wildman–Crippen LogP) is 6.98. The molecule has 3 aliphatic rings. The second-order valence-corrected chi connectivity index (χ2v) is 13.3. The molecule has 42 heavy (non-hydrogen) atoms. The second-order valence-electron chi connectivity index (χ2n) is 13.3. The first-order valence-corrected chi connectivity index (χ1v) is 15.3. The van der Waals surface area contributed by atoms with Crippen molar-refractivity contribution in [1.82, 2.24) is 9.80 Å². The summed E-state index contributed by atoms with van der Waals surface area (Å²) in [4.78, 5) is 32.0. The minimum atomic E-state index is -0.501. The van der Waals surface area contributed by atoms with Crippen LogP contribution in [0.15, 0.2) is 71.6 Å². The van der Waals surface area contributed by atoms with E-state index in [2.05, 4.69) is 49.4 Å². The first-order chi connectivity index (χ1) is 20.0. The number of rotatable bonds is 6. The Morgan fingerprint density at radius 1 is 1.00 bits per heavy atom. The van der Waals surface area contributed by atoms with Gasteiger partial charge >= 0.3 is 0 Å². The molecule has 0 bridgehead atoms. The molecule has 5 rings (SSSR count). The van der Waals surface area contributed by atoms with Crippen LogP contribution in [-0.2, 0) is 15.0 Å². The average molecular weight is 573 g/mol. The Bertz CT molecular complexity index is 1370. The summed E-state index contributed by atoms with van der Waals surface area (Å²) in [5, 5.41) is 6.77. The molecule has 3 unspecified atom stereocenters. The van der Waals surface area contributed by atoms with Gasteiger partial charge in [-0.3, -0.25) is 9.59 Å². The number of benzene rings is 2. The van der Waals surface area contributed by atoms with Crippen LogP contribution in [0.2, 0.25) is 0 Å². The largest absolute Gasteiger partial charge is 0.381 e. The van der Waals surface area contributed by atoms with Gasteiger partial charge in [-0.25, -0.2) is 4.39 Å². The van der Waals surface area contributed by atoms with Gasteiger partial charge in [-0.05, 0) is 99.5 Å². The molecule has 2 aromatic carbocycles. The number of likely N-dealkylation sites (N-methyl/N-ethyl adjacent to an activating group) is 1. The zero-order chi connectivity index (χ0) is 30.0. The van der Waals surface area contributed by atoms with Gasteiger partial charge in [0.1, 0.15) is 5.83 Å². The Labute approximate surface area is 250 Å². The van der Waals surface area contributed by atoms with Crippen LogP contribution in [0.3, 0.4) is 0 Å². The minimum Gasteiger partial charge on any atom is -0.381 e. The Balaban J connectivity index is 1.45. The Morgan fingerprint density at radius 2 is 1.76 bits per heavy atom. The zero-order valence-electron chi connectivity index (χ0n) is 25.7. The molecular formula is C35H45FN4O2. The summed E-state index contributed by atoms with van der Waals surface area (Å²) in [7, 11) is 2.13. The summed E-state index contributed by atoms with van der Waals surface area (Å²) in [5.74, 6) is -1.37. The van der Waals surface area contributed by atoms with E-state index in [4.69, 9.17) is 0 Å². The molecule has 1 aliphatic carbocycles. The number of nitrogens with zero attached hydrogens (tertiary/aromatic N) is 2. The fraction of sp³-hybridized carbons (Fsp3) is 0.486. The number of hydrogen-bond donors (Lipinski definition) is 2. The van der Waals surface area contributed by atoms with Crippen molar-refractivity contribution in [2.24, 2.45) is 5.92 Å². The molecule has 2 N–H and O–H groups in total. The highest BCUT2D eigenvalue weighted by atomic mass is 19.1. The highest BCUT2D eigenvalue weighted by Crippen LogP contribution is 2.40. The maximum Gasteiger partial charge on any atom is 0.257 e. The van der Waals surface area contributed by atoms with Gasteiger partial charge in [0.15, 0.2) is 0 Å². The number of anilines is 2. The lowest BCUT2D eigenvalue weighted by molar-refractivity contribution is -0.135. The number of likely N-dealkylation sites (tertiary alicyclic amines) is 2. The average Bonchev–Trinajstić information content (AvgIpc) is 3.36. The monoisotopic (exact) mass is 572 g/mol. The minimum absolute atomic E-state index is 0.0514. The van der Waals surface area contributed by atoms with Crippen LogP contribution in [0.1, 0.15) is 77.0 Å². The molecule has 2 amide bonds. The van der Waals surface area contributed by atoms with Crippen LogP contribution < -0.4 is 10.6 Å². The summed E-state index contributed by atoms with van der Waals surface area (Å²) < 4.78 is 15.0. The van der Waals surface area contributed by atoms with Crippen LogP contribution in [-0.4, -0.2) is 54.3 Å². The number of hydrogen-bond acceptors (Lipinski definition) is 4. The fourth-order valence-electron chi connectivity index (χ4n) is 6.55. The summed E-state index contributed by atoms with van der Waals surface area (Å²) in [6, 6.07) is 16.0. The van der Waals surface area contributed by atoms with Crippen molar-refractivity contribution in [2.75, 3.05) is 37.3 Å². The van der Waals surface area contributed by atoms with E-state index < -0.39 is 17.8 Å². The van der Waals surface area contributed by atoms with E-state index >= 15 is 4.39 Å². The van der Waals surface area contributed by atoms with Crippen molar-refractivity contribution in [3.8, 4) is 0 Å². The molecule has 224 valence electrons. The van der Waals surface area contributed by atoms with Crippen molar-refractivity contribution in [2.45, 2.75) is 77.3 Å². The lowest BCUT2D eigenvalue weighted by Gasteiger charge is -2.41. The molecule has 0 saturated carbocycles. The molecule has 2 fully saturated rings. The molecule has 0 radical (unpaired) electrons. The molecule has 6 nitrogen and oxygen atoms in total. The summed E-state index contributed by atoms with van der Waals surface area (Å²) in [5.41, 5.74) is 4.67. The van der Waals surface area contributed by atoms with Crippen molar-refractivity contribution in [3.63, 3.8) is 0 Å². The zero-order valence-corrected chi connectivity index (χ0v) is 25.7. The van der Waals surface area contributed by atoms with Crippen molar-refractivity contribution >= 4 is 23.2 Å². The van der Waals surface area contributed by atoms with Gasteiger partial charge in [-0.2, -0.15) is 0 Å². The number of nitrogens with one attached hydrogen (secondary N) is 2. The normalized spacial score (nSPS) is 23.5. The summed E-state index contributed by atoms with van der Waals surface area (Å²) in [6.07, 6.45) is 5.18. The van der Waals surface area contributed by atoms with Crippen LogP contribution in [0, 0.1) is 5.92 Å². The SMILES string of the molecule is CC1=C(C(=O)N2CCCC(C(=O)Nc3cccc(C(C)(C)C)c3)C2c2ccc(NC3CCN(C)C3)cc2)C(F)=CCC1. The third-order valence-corrected chi connectivity index (χ3v) is 8.96. The van der Waals surface area contributed by atoms with E-state index in [1.165, 1.54) is 6.08 Å². The fourth-order valence-corrected chi connectivity index (χ4v) is 6.55. The topological polar surface area (TPSA) is 64.7 Å². The quantitative estimate of drug-likeness (QED) is 0.392. The van der Waals surface area contributed by atoms with Crippen LogP contribution in [0.4, 0.5) is 15.8 Å².